The Morgan fingerprint density at radius 2 is 0.914 bits per heavy atom. The highest BCUT2D eigenvalue weighted by Gasteiger charge is 2.43. The molecule has 0 aromatic heterocycles. The fourth-order valence-corrected chi connectivity index (χ4v) is 11.0. The van der Waals surface area contributed by atoms with E-state index in [0.29, 0.717) is 5.66 Å². The van der Waals surface area contributed by atoms with Gasteiger partial charge in [-0.2, -0.15) is 0 Å². The molecule has 1 atom stereocenters. The molecular weight excluding hydrogens is 507 g/mol. The van der Waals surface area contributed by atoms with Crippen molar-refractivity contribution in [1.29, 1.82) is 0 Å². The lowest BCUT2D eigenvalue weighted by atomic mass is 10.1. The molecule has 0 saturated carbocycles. The van der Waals surface area contributed by atoms with E-state index in [2.05, 4.69) is 63.8 Å². The van der Waals surface area contributed by atoms with Crippen molar-refractivity contribution in [3.8, 4) is 0 Å². The van der Waals surface area contributed by atoms with Gasteiger partial charge >= 0.3 is 0 Å². The van der Waals surface area contributed by atoms with E-state index >= 15 is 0 Å². The molecule has 1 aromatic rings. The van der Waals surface area contributed by atoms with Crippen molar-refractivity contribution < 1.29 is 17.0 Å². The minimum absolute atomic E-state index is 0. The van der Waals surface area contributed by atoms with Crippen molar-refractivity contribution in [2.45, 2.75) is 142 Å². The summed E-state index contributed by atoms with van der Waals surface area (Å²) < 4.78 is 0. The first-order valence-corrected chi connectivity index (χ1v) is 17.7. The normalized spacial score (nSPS) is 12.3. The minimum atomic E-state index is -1.11. The van der Waals surface area contributed by atoms with Crippen LogP contribution in [-0.4, -0.2) is 18.5 Å². The maximum Gasteiger partial charge on any atom is 0.112 e. The third-order valence-corrected chi connectivity index (χ3v) is 13.1. The zero-order valence-electron chi connectivity index (χ0n) is 23.9. The van der Waals surface area contributed by atoms with E-state index in [1.807, 2.05) is 0 Å². The van der Waals surface area contributed by atoms with Crippen molar-refractivity contribution in [2.24, 2.45) is 0 Å². The molecule has 2 heteroatoms. The second kappa shape index (κ2) is 24.2. The van der Waals surface area contributed by atoms with Crippen LogP contribution in [-0.2, 0) is 0 Å². The Hall–Kier alpha value is -0.130. The Morgan fingerprint density at radius 1 is 0.571 bits per heavy atom. The van der Waals surface area contributed by atoms with Crippen LogP contribution in [0.3, 0.4) is 0 Å². The van der Waals surface area contributed by atoms with E-state index in [1.165, 1.54) is 134 Å². The summed E-state index contributed by atoms with van der Waals surface area (Å²) in [4.78, 5) is 0. The smallest absolute Gasteiger partial charge is 0.112 e. The summed E-state index contributed by atoms with van der Waals surface area (Å²) >= 11 is 0. The molecule has 0 amide bonds. The summed E-state index contributed by atoms with van der Waals surface area (Å²) in [6, 6.07) is 11.5. The lowest BCUT2D eigenvalue weighted by Crippen LogP contribution is -3.00. The molecule has 0 aliphatic heterocycles. The molecule has 0 nitrogen and oxygen atoms in total. The van der Waals surface area contributed by atoms with Crippen LogP contribution < -0.4 is 17.0 Å². The average Bonchev–Trinajstić information content (AvgIpc) is 2.86. The highest BCUT2D eigenvalue weighted by atomic mass is 79.9. The summed E-state index contributed by atoms with van der Waals surface area (Å²) in [6.07, 6.45) is 32.4. The lowest BCUT2D eigenvalue weighted by Gasteiger charge is -2.34. The number of hydrogen-bond acceptors (Lipinski definition) is 0. The molecule has 0 bridgehead atoms. The molecule has 0 radical (unpaired) electrons. The Morgan fingerprint density at radius 3 is 1.26 bits per heavy atom. The molecule has 0 saturated heterocycles. The first kappa shape index (κ1) is 34.9. The van der Waals surface area contributed by atoms with Crippen LogP contribution in [0.15, 0.2) is 43.0 Å². The number of unbranched alkanes of at least 4 members (excludes halogenated alkanes) is 15. The molecular formula is C33H60BrP. The molecule has 35 heavy (non-hydrogen) atoms. The molecule has 1 unspecified atom stereocenters. The summed E-state index contributed by atoms with van der Waals surface area (Å²) in [5.74, 6) is 0. The van der Waals surface area contributed by atoms with Crippen LogP contribution in [0.5, 0.6) is 0 Å². The predicted molar refractivity (Wildman–Crippen MR) is 161 cm³/mol. The van der Waals surface area contributed by atoms with E-state index in [9.17, 15) is 0 Å². The largest absolute Gasteiger partial charge is 1.00 e. The molecule has 204 valence electrons. The van der Waals surface area contributed by atoms with Crippen LogP contribution in [0, 0.1) is 0 Å². The number of allylic oxidation sites excluding steroid dienone is 1. The number of benzene rings is 1. The minimum Gasteiger partial charge on any atom is -1.00 e. The van der Waals surface area contributed by atoms with Crippen molar-refractivity contribution in [2.75, 3.05) is 18.5 Å². The molecule has 0 aliphatic carbocycles. The van der Waals surface area contributed by atoms with E-state index in [-0.39, 0.29) is 17.0 Å². The molecule has 0 N–H and O–H groups in total. The van der Waals surface area contributed by atoms with Crippen LogP contribution in [0.2, 0.25) is 0 Å². The number of hydrogen-bond donors (Lipinski definition) is 0. The summed E-state index contributed by atoms with van der Waals surface area (Å²) in [5.41, 5.74) is 2.16. The zero-order valence-corrected chi connectivity index (χ0v) is 26.4. The highest BCUT2D eigenvalue weighted by Crippen LogP contribution is 2.71. The Labute approximate surface area is 232 Å². The third-order valence-electron chi connectivity index (χ3n) is 7.83. The van der Waals surface area contributed by atoms with E-state index in [4.69, 9.17) is 0 Å². The summed E-state index contributed by atoms with van der Waals surface area (Å²) in [5, 5.41) is 0. The molecule has 0 aliphatic rings. The quantitative estimate of drug-likeness (QED) is 0.0664. The van der Waals surface area contributed by atoms with Gasteiger partial charge in [-0.1, -0.05) is 135 Å². The van der Waals surface area contributed by atoms with Crippen LogP contribution >= 0.6 is 7.26 Å². The van der Waals surface area contributed by atoms with Gasteiger partial charge in [0.2, 0.25) is 0 Å². The lowest BCUT2D eigenvalue weighted by molar-refractivity contribution is -0.00000749. The first-order valence-electron chi connectivity index (χ1n) is 15.3. The maximum absolute atomic E-state index is 4.44. The molecule has 0 spiro atoms. The number of rotatable bonds is 24. The van der Waals surface area contributed by atoms with Gasteiger partial charge in [-0.25, -0.2) is 0 Å². The fourth-order valence-electron chi connectivity index (χ4n) is 5.70. The van der Waals surface area contributed by atoms with Gasteiger partial charge in [0, 0.05) is 7.26 Å². The van der Waals surface area contributed by atoms with Gasteiger partial charge in [-0.15, -0.1) is 0 Å². The Bertz CT molecular complexity index is 529. The molecule has 1 aromatic carbocycles. The third kappa shape index (κ3) is 15.7. The van der Waals surface area contributed by atoms with Crippen molar-refractivity contribution in [3.63, 3.8) is 0 Å². The maximum atomic E-state index is 4.44. The standard InChI is InChI=1S/C33H60P.BrH/c1-5-9-12-15-18-24-29-34(30-25-19-16-13-10-6-2,31-26-20-17-14-11-7-3)33(8-4)32-27-22-21-23-28-32;/h8,21-23,27-28,33H,4-7,9-20,24-26,29-31H2,1-3H3;1H/q+1;/p-1. The second-order valence-corrected chi connectivity index (χ2v) is 15.1. The zero-order chi connectivity index (χ0) is 24.7. The Balaban J connectivity index is 0.0000116. The van der Waals surface area contributed by atoms with Gasteiger partial charge in [-0.05, 0) is 50.2 Å². The highest BCUT2D eigenvalue weighted by molar-refractivity contribution is 7.76. The number of halogens is 1. The van der Waals surface area contributed by atoms with Gasteiger partial charge in [0.25, 0.3) is 0 Å². The van der Waals surface area contributed by atoms with Gasteiger partial charge < -0.3 is 17.0 Å². The van der Waals surface area contributed by atoms with Crippen LogP contribution in [0.1, 0.15) is 148 Å². The summed E-state index contributed by atoms with van der Waals surface area (Å²) in [6.45, 7) is 11.4. The van der Waals surface area contributed by atoms with Crippen LogP contribution in [0.4, 0.5) is 0 Å². The van der Waals surface area contributed by atoms with E-state index < -0.39 is 7.26 Å². The predicted octanol–water partition coefficient (Wildman–Crippen LogP) is 9.02. The van der Waals surface area contributed by atoms with Gasteiger partial charge in [0.15, 0.2) is 0 Å². The van der Waals surface area contributed by atoms with Crippen molar-refractivity contribution in [3.05, 3.63) is 48.6 Å². The molecule has 1 rings (SSSR count). The average molecular weight is 568 g/mol. The molecule has 0 fully saturated rings. The second-order valence-electron chi connectivity index (χ2n) is 10.8. The fraction of sp³-hybridized carbons (Fsp3) is 0.758. The van der Waals surface area contributed by atoms with Gasteiger partial charge in [-0.3, -0.25) is 0 Å². The van der Waals surface area contributed by atoms with E-state index in [0.717, 1.165) is 0 Å². The SMILES string of the molecule is C=CC(c1ccccc1)[P+](CCCCCCCC)(CCCCCCCC)CCCCCCCC.[Br-]. The van der Waals surface area contributed by atoms with E-state index in [1.54, 1.807) is 5.56 Å². The monoisotopic (exact) mass is 566 g/mol. The summed E-state index contributed by atoms with van der Waals surface area (Å²) in [7, 11) is -1.11. The van der Waals surface area contributed by atoms with Crippen molar-refractivity contribution >= 4 is 7.26 Å². The van der Waals surface area contributed by atoms with Gasteiger partial charge in [0.05, 0.1) is 18.5 Å². The van der Waals surface area contributed by atoms with Gasteiger partial charge in [0.1, 0.15) is 5.66 Å². The molecule has 0 heterocycles. The first-order chi connectivity index (χ1) is 16.7. The Kier molecular flexibility index (Phi) is 24.1. The van der Waals surface area contributed by atoms with Crippen molar-refractivity contribution in [1.82, 2.24) is 0 Å². The topological polar surface area (TPSA) is 0 Å². The van der Waals surface area contributed by atoms with Crippen LogP contribution in [0.25, 0.3) is 0 Å².